The van der Waals surface area contributed by atoms with Gasteiger partial charge < -0.3 is 9.52 Å². The Hall–Kier alpha value is -1.38. The maximum Gasteiger partial charge on any atom is 0.308 e. The first-order valence-electron chi connectivity index (χ1n) is 8.18. The van der Waals surface area contributed by atoms with Crippen LogP contribution in [0.1, 0.15) is 24.4 Å². The second-order valence-corrected chi connectivity index (χ2v) is 9.12. The third-order valence-corrected chi connectivity index (χ3v) is 6.29. The number of rotatable bonds is 7. The fourth-order valence-electron chi connectivity index (χ4n) is 3.46. The molecule has 0 aromatic carbocycles. The number of likely N-dealkylation sites (tertiary alicyclic amines) is 1. The molecule has 7 nitrogen and oxygen atoms in total. The van der Waals surface area contributed by atoms with E-state index in [0.29, 0.717) is 24.8 Å². The van der Waals surface area contributed by atoms with Gasteiger partial charge in [-0.2, -0.15) is 4.31 Å². The first-order valence-corrected chi connectivity index (χ1v) is 10.0. The van der Waals surface area contributed by atoms with Crippen LogP contribution < -0.4 is 0 Å². The van der Waals surface area contributed by atoms with Crippen LogP contribution in [0.15, 0.2) is 16.5 Å². The molecule has 1 N–H and O–H groups in total. The molecule has 0 unspecified atom stereocenters. The molecule has 1 aromatic rings. The molecule has 1 aliphatic heterocycles. The predicted molar refractivity (Wildman–Crippen MR) is 87.6 cm³/mol. The van der Waals surface area contributed by atoms with Gasteiger partial charge in [0.2, 0.25) is 10.0 Å². The summed E-state index contributed by atoms with van der Waals surface area (Å²) < 4.78 is 29.8. The highest BCUT2D eigenvalue weighted by atomic mass is 32.2. The minimum atomic E-state index is -3.24. The zero-order valence-corrected chi connectivity index (χ0v) is 14.8. The quantitative estimate of drug-likeness (QED) is 0.790. The molecule has 3 rings (SSSR count). The zero-order valence-electron chi connectivity index (χ0n) is 14.0. The van der Waals surface area contributed by atoms with Crippen molar-refractivity contribution in [2.45, 2.75) is 25.9 Å². The topological polar surface area (TPSA) is 91.1 Å². The summed E-state index contributed by atoms with van der Waals surface area (Å²) in [5.41, 5.74) is 0. The van der Waals surface area contributed by atoms with Gasteiger partial charge in [0.1, 0.15) is 11.5 Å². The van der Waals surface area contributed by atoms with Crippen LogP contribution in [0.25, 0.3) is 0 Å². The lowest BCUT2D eigenvalue weighted by atomic mass is 9.92. The molecular formula is C16H24N2O5S. The number of hydrogen-bond acceptors (Lipinski definition) is 5. The molecule has 134 valence electrons. The maximum absolute atomic E-state index is 11.4. The molecule has 2 aliphatic rings. The van der Waals surface area contributed by atoms with Crippen molar-refractivity contribution in [2.24, 2.45) is 17.8 Å². The fraction of sp³-hybridized carbons (Fsp3) is 0.688. The van der Waals surface area contributed by atoms with E-state index in [-0.39, 0.29) is 18.4 Å². The summed E-state index contributed by atoms with van der Waals surface area (Å²) in [5.74, 6) is 1.14. The molecule has 1 aromatic heterocycles. The highest BCUT2D eigenvalue weighted by Gasteiger charge is 2.45. The van der Waals surface area contributed by atoms with E-state index >= 15 is 0 Å². The second kappa shape index (κ2) is 6.50. The lowest BCUT2D eigenvalue weighted by molar-refractivity contribution is -0.142. The van der Waals surface area contributed by atoms with E-state index in [2.05, 4.69) is 4.90 Å². The molecule has 2 fully saturated rings. The summed E-state index contributed by atoms with van der Waals surface area (Å²) in [5, 5.41) is 9.41. The Bertz CT molecular complexity index is 710. The Morgan fingerprint density at radius 2 is 2.00 bits per heavy atom. The molecule has 2 heterocycles. The highest BCUT2D eigenvalue weighted by Crippen LogP contribution is 2.44. The van der Waals surface area contributed by atoms with Gasteiger partial charge in [-0.1, -0.05) is 0 Å². The van der Waals surface area contributed by atoms with Crippen molar-refractivity contribution in [3.8, 4) is 0 Å². The third-order valence-electron chi connectivity index (χ3n) is 5.03. The molecule has 8 heteroatoms. The number of carboxylic acid groups (broad SMARTS) is 1. The maximum atomic E-state index is 11.4. The van der Waals surface area contributed by atoms with Gasteiger partial charge in [0.15, 0.2) is 0 Å². The van der Waals surface area contributed by atoms with Gasteiger partial charge in [0.25, 0.3) is 0 Å². The van der Waals surface area contributed by atoms with Gasteiger partial charge in [-0.05, 0) is 36.8 Å². The summed E-state index contributed by atoms with van der Waals surface area (Å²) in [6, 6.07) is 3.62. The Balaban J connectivity index is 1.60. The van der Waals surface area contributed by atoms with Crippen LogP contribution in [0.4, 0.5) is 0 Å². The first-order chi connectivity index (χ1) is 11.2. The van der Waals surface area contributed by atoms with Crippen molar-refractivity contribution < 1.29 is 22.7 Å². The van der Waals surface area contributed by atoms with E-state index in [4.69, 9.17) is 4.42 Å². The predicted octanol–water partition coefficient (Wildman–Crippen LogP) is 1.21. The second-order valence-electron chi connectivity index (χ2n) is 7.03. The van der Waals surface area contributed by atoms with Crippen molar-refractivity contribution in [3.63, 3.8) is 0 Å². The Morgan fingerprint density at radius 1 is 1.33 bits per heavy atom. The Morgan fingerprint density at radius 3 is 2.58 bits per heavy atom. The van der Waals surface area contributed by atoms with E-state index in [1.165, 1.54) is 11.4 Å². The molecule has 1 saturated carbocycles. The first kappa shape index (κ1) is 17.4. The number of sulfonamides is 1. The van der Waals surface area contributed by atoms with Gasteiger partial charge in [-0.3, -0.25) is 9.69 Å². The number of aliphatic carboxylic acids is 1. The van der Waals surface area contributed by atoms with E-state index in [9.17, 15) is 18.3 Å². The average Bonchev–Trinajstić information content (AvgIpc) is 3.09. The number of hydrogen-bond donors (Lipinski definition) is 1. The van der Waals surface area contributed by atoms with Crippen LogP contribution in [-0.2, 0) is 27.9 Å². The number of furan rings is 1. The average molecular weight is 356 g/mol. The summed E-state index contributed by atoms with van der Waals surface area (Å²) in [6.07, 6.45) is 3.45. The molecule has 1 saturated heterocycles. The standard InChI is InChI=1S/C16H24N2O5S/c1-17(24(2,21)22)7-12-5-6-13(23-12)8-18-9-14(11-3-4-11)15(10-18)16(19)20/h5-6,11,14-15H,3-4,7-10H2,1-2H3,(H,19,20)/t14-,15+/m1/s1. The van der Waals surface area contributed by atoms with Gasteiger partial charge in [0.05, 0.1) is 25.3 Å². The van der Waals surface area contributed by atoms with Crippen LogP contribution in [-0.4, -0.2) is 55.1 Å². The Kier molecular flexibility index (Phi) is 4.72. The number of carboxylic acids is 1. The SMILES string of the molecule is CN(Cc1ccc(CN2C[C@H](C(=O)O)[C@@H](C3CC3)C2)o1)S(C)(=O)=O. The van der Waals surface area contributed by atoms with Crippen LogP contribution in [0.2, 0.25) is 0 Å². The molecule has 0 spiro atoms. The van der Waals surface area contributed by atoms with Crippen molar-refractivity contribution in [3.05, 3.63) is 23.7 Å². The van der Waals surface area contributed by atoms with Crippen molar-refractivity contribution in [1.29, 1.82) is 0 Å². The van der Waals surface area contributed by atoms with Crippen LogP contribution in [0, 0.1) is 17.8 Å². The molecule has 24 heavy (non-hydrogen) atoms. The lowest BCUT2D eigenvalue weighted by Gasteiger charge is -2.14. The molecule has 2 atom stereocenters. The largest absolute Gasteiger partial charge is 0.481 e. The zero-order chi connectivity index (χ0) is 17.5. The van der Waals surface area contributed by atoms with E-state index in [0.717, 1.165) is 31.4 Å². The lowest BCUT2D eigenvalue weighted by Crippen LogP contribution is -2.24. The summed E-state index contributed by atoms with van der Waals surface area (Å²) >= 11 is 0. The van der Waals surface area contributed by atoms with Gasteiger partial charge in [-0.15, -0.1) is 0 Å². The summed E-state index contributed by atoms with van der Waals surface area (Å²) in [4.78, 5) is 13.6. The monoisotopic (exact) mass is 356 g/mol. The molecule has 0 bridgehead atoms. The minimum Gasteiger partial charge on any atom is -0.481 e. The minimum absolute atomic E-state index is 0.196. The van der Waals surface area contributed by atoms with Crippen LogP contribution >= 0.6 is 0 Å². The van der Waals surface area contributed by atoms with E-state index in [1.54, 1.807) is 6.07 Å². The van der Waals surface area contributed by atoms with Gasteiger partial charge in [-0.25, -0.2) is 8.42 Å². The molecule has 0 radical (unpaired) electrons. The van der Waals surface area contributed by atoms with Crippen molar-refractivity contribution in [2.75, 3.05) is 26.4 Å². The third kappa shape index (κ3) is 3.99. The van der Waals surface area contributed by atoms with E-state index < -0.39 is 16.0 Å². The van der Waals surface area contributed by atoms with Crippen molar-refractivity contribution in [1.82, 2.24) is 9.21 Å². The van der Waals surface area contributed by atoms with Gasteiger partial charge in [0, 0.05) is 20.1 Å². The summed E-state index contributed by atoms with van der Waals surface area (Å²) in [6.45, 7) is 2.10. The smallest absolute Gasteiger partial charge is 0.308 e. The summed E-state index contributed by atoms with van der Waals surface area (Å²) in [7, 11) is -1.73. The number of carbonyl (C=O) groups is 1. The molecule has 1 aliphatic carbocycles. The van der Waals surface area contributed by atoms with E-state index in [1.807, 2.05) is 6.07 Å². The Labute approximate surface area is 142 Å². The van der Waals surface area contributed by atoms with Crippen LogP contribution in [0.5, 0.6) is 0 Å². The number of nitrogens with zero attached hydrogens (tertiary/aromatic N) is 2. The van der Waals surface area contributed by atoms with Gasteiger partial charge >= 0.3 is 5.97 Å². The molecule has 0 amide bonds. The normalized spacial score (nSPS) is 25.5. The van der Waals surface area contributed by atoms with Crippen molar-refractivity contribution >= 4 is 16.0 Å². The highest BCUT2D eigenvalue weighted by molar-refractivity contribution is 7.88. The van der Waals surface area contributed by atoms with Crippen LogP contribution in [0.3, 0.4) is 0 Å². The molecular weight excluding hydrogens is 332 g/mol. The fourth-order valence-corrected chi connectivity index (χ4v) is 3.82.